The van der Waals surface area contributed by atoms with Gasteiger partial charge in [-0.3, -0.25) is 9.59 Å². The number of nitrogens with one attached hydrogen (secondary N) is 1. The van der Waals surface area contributed by atoms with Gasteiger partial charge < -0.3 is 35.0 Å². The second-order valence-electron chi connectivity index (χ2n) is 9.42. The Balaban J connectivity index is 1.81. The summed E-state index contributed by atoms with van der Waals surface area (Å²) >= 11 is 0. The number of nitrogens with zero attached hydrogens (tertiary/aromatic N) is 1. The van der Waals surface area contributed by atoms with Crippen LogP contribution in [0.15, 0.2) is 48.0 Å². The molecule has 1 heterocycles. The summed E-state index contributed by atoms with van der Waals surface area (Å²) in [6, 6.07) is 8.16. The summed E-state index contributed by atoms with van der Waals surface area (Å²) in [6.45, 7) is 1.44. The molecule has 1 aliphatic heterocycles. The molecule has 38 heavy (non-hydrogen) atoms. The van der Waals surface area contributed by atoms with E-state index in [1.54, 1.807) is 30.3 Å². The molecule has 2 aromatic rings. The third-order valence-electron chi connectivity index (χ3n) is 6.91. The van der Waals surface area contributed by atoms with Crippen LogP contribution in [0.3, 0.4) is 0 Å². The highest BCUT2D eigenvalue weighted by molar-refractivity contribution is 5.96. The van der Waals surface area contributed by atoms with E-state index < -0.39 is 35.9 Å². The predicted octanol–water partition coefficient (Wildman–Crippen LogP) is 1.78. The minimum absolute atomic E-state index is 0.0164. The van der Waals surface area contributed by atoms with Gasteiger partial charge in [0.2, 0.25) is 11.8 Å². The van der Waals surface area contributed by atoms with Crippen LogP contribution in [0.1, 0.15) is 42.4 Å². The lowest BCUT2D eigenvalue weighted by Crippen LogP contribution is -2.55. The fourth-order valence-corrected chi connectivity index (χ4v) is 5.12. The normalized spacial score (nSPS) is 21.6. The van der Waals surface area contributed by atoms with Crippen molar-refractivity contribution in [2.45, 2.75) is 57.1 Å². The van der Waals surface area contributed by atoms with Gasteiger partial charge in [-0.2, -0.15) is 0 Å². The Labute approximate surface area is 220 Å². The first-order valence-corrected chi connectivity index (χ1v) is 12.6. The van der Waals surface area contributed by atoms with Crippen molar-refractivity contribution in [3.05, 3.63) is 70.6 Å². The fraction of sp³-hybridized carbons (Fsp3) is 0.429. The van der Waals surface area contributed by atoms with E-state index in [2.05, 4.69) is 5.32 Å². The van der Waals surface area contributed by atoms with Gasteiger partial charge in [0, 0.05) is 30.6 Å². The van der Waals surface area contributed by atoms with E-state index in [0.29, 0.717) is 34.6 Å². The van der Waals surface area contributed by atoms with Gasteiger partial charge in [0.15, 0.2) is 11.5 Å². The molecule has 0 fully saturated rings. The third-order valence-corrected chi connectivity index (χ3v) is 6.91. The highest BCUT2D eigenvalue weighted by Crippen LogP contribution is 2.51. The molecule has 0 spiro atoms. The molecule has 4 unspecified atom stereocenters. The summed E-state index contributed by atoms with van der Waals surface area (Å²) in [5, 5.41) is 33.3. The van der Waals surface area contributed by atoms with Crippen molar-refractivity contribution in [2.24, 2.45) is 0 Å². The standard InChI is InChI=1S/C28H33FN2O7/c1-3-4-23(34)31(14-16-5-7-18(29)8-6-16)21-13-20(28(36)30-9-10-32)24-19-11-17(15-33)12-22(37-2)26(19)38-27(24)25(21)35/h5-8,11-13,21,24-25,27,32-33,35H,3-4,9-10,14-15H2,1-2H3,(H,30,36). The summed E-state index contributed by atoms with van der Waals surface area (Å²) in [5.41, 5.74) is 2.05. The van der Waals surface area contributed by atoms with Crippen LogP contribution >= 0.6 is 0 Å². The topological polar surface area (TPSA) is 129 Å². The molecule has 10 heteroatoms. The van der Waals surface area contributed by atoms with Crippen molar-refractivity contribution in [1.82, 2.24) is 10.2 Å². The number of hydrogen-bond donors (Lipinski definition) is 4. The molecule has 4 N–H and O–H groups in total. The molecule has 4 atom stereocenters. The molecule has 0 saturated carbocycles. The fourth-order valence-electron chi connectivity index (χ4n) is 5.12. The molecule has 204 valence electrons. The Hall–Kier alpha value is -3.47. The van der Waals surface area contributed by atoms with Gasteiger partial charge in [0.25, 0.3) is 0 Å². The van der Waals surface area contributed by atoms with Gasteiger partial charge in [-0.05, 0) is 47.9 Å². The molecule has 0 bridgehead atoms. The number of halogens is 1. The second-order valence-corrected chi connectivity index (χ2v) is 9.42. The summed E-state index contributed by atoms with van der Waals surface area (Å²) in [7, 11) is 1.46. The van der Waals surface area contributed by atoms with E-state index in [1.807, 2.05) is 6.92 Å². The van der Waals surface area contributed by atoms with Crippen molar-refractivity contribution in [2.75, 3.05) is 20.3 Å². The number of aliphatic hydroxyl groups excluding tert-OH is 3. The first kappa shape index (κ1) is 27.6. The van der Waals surface area contributed by atoms with Crippen molar-refractivity contribution < 1.29 is 38.8 Å². The zero-order chi connectivity index (χ0) is 27.4. The molecule has 2 aromatic carbocycles. The van der Waals surface area contributed by atoms with Gasteiger partial charge in [-0.25, -0.2) is 4.39 Å². The number of carbonyl (C=O) groups is 2. The van der Waals surface area contributed by atoms with Crippen molar-refractivity contribution in [3.63, 3.8) is 0 Å². The van der Waals surface area contributed by atoms with Gasteiger partial charge in [0.1, 0.15) is 18.0 Å². The van der Waals surface area contributed by atoms with Gasteiger partial charge >= 0.3 is 0 Å². The molecule has 0 saturated heterocycles. The van der Waals surface area contributed by atoms with Crippen LogP contribution in [-0.2, 0) is 22.7 Å². The first-order valence-electron chi connectivity index (χ1n) is 12.6. The third kappa shape index (κ3) is 5.38. The zero-order valence-corrected chi connectivity index (χ0v) is 21.4. The van der Waals surface area contributed by atoms with E-state index >= 15 is 0 Å². The van der Waals surface area contributed by atoms with Crippen LogP contribution in [0.25, 0.3) is 0 Å². The quantitative estimate of drug-likeness (QED) is 0.370. The molecule has 2 aliphatic rings. The smallest absolute Gasteiger partial charge is 0.247 e. The number of carbonyl (C=O) groups excluding carboxylic acids is 2. The van der Waals surface area contributed by atoms with Gasteiger partial charge in [0.05, 0.1) is 32.3 Å². The molecule has 4 rings (SSSR count). The van der Waals surface area contributed by atoms with E-state index in [0.717, 1.165) is 0 Å². The van der Waals surface area contributed by atoms with Crippen LogP contribution in [-0.4, -0.2) is 70.5 Å². The Morgan fingerprint density at radius 3 is 2.53 bits per heavy atom. The minimum Gasteiger partial charge on any atom is -0.493 e. The number of amides is 2. The van der Waals surface area contributed by atoms with Crippen LogP contribution in [0.4, 0.5) is 4.39 Å². The van der Waals surface area contributed by atoms with Crippen molar-refractivity contribution in [3.8, 4) is 11.5 Å². The van der Waals surface area contributed by atoms with Gasteiger partial charge in [-0.1, -0.05) is 19.1 Å². The Morgan fingerprint density at radius 1 is 1.16 bits per heavy atom. The number of benzene rings is 2. The van der Waals surface area contributed by atoms with Crippen molar-refractivity contribution >= 4 is 11.8 Å². The van der Waals surface area contributed by atoms with Gasteiger partial charge in [-0.15, -0.1) is 0 Å². The maximum Gasteiger partial charge on any atom is 0.247 e. The van der Waals surface area contributed by atoms with Crippen LogP contribution in [0.2, 0.25) is 0 Å². The molecule has 0 aromatic heterocycles. The van der Waals surface area contributed by atoms with E-state index in [9.17, 15) is 29.3 Å². The molecule has 2 amide bonds. The zero-order valence-electron chi connectivity index (χ0n) is 21.4. The van der Waals surface area contributed by atoms with Crippen LogP contribution < -0.4 is 14.8 Å². The maximum atomic E-state index is 13.5. The lowest BCUT2D eigenvalue weighted by molar-refractivity contribution is -0.138. The number of rotatable bonds is 10. The Bertz CT molecular complexity index is 1200. The van der Waals surface area contributed by atoms with E-state index in [4.69, 9.17) is 9.47 Å². The molecule has 1 aliphatic carbocycles. The van der Waals surface area contributed by atoms with E-state index in [-0.39, 0.29) is 44.2 Å². The monoisotopic (exact) mass is 528 g/mol. The Kier molecular flexibility index (Phi) is 8.65. The first-order chi connectivity index (χ1) is 18.3. The minimum atomic E-state index is -1.22. The highest BCUT2D eigenvalue weighted by atomic mass is 19.1. The summed E-state index contributed by atoms with van der Waals surface area (Å²) in [4.78, 5) is 28.1. The number of hydrogen-bond acceptors (Lipinski definition) is 7. The molecular formula is C28H33FN2O7. The second kappa shape index (κ2) is 11.9. The van der Waals surface area contributed by atoms with Crippen LogP contribution in [0, 0.1) is 5.82 Å². The predicted molar refractivity (Wildman–Crippen MR) is 136 cm³/mol. The highest BCUT2D eigenvalue weighted by Gasteiger charge is 2.51. The summed E-state index contributed by atoms with van der Waals surface area (Å²) in [5.74, 6) is -1.11. The maximum absolute atomic E-state index is 13.5. The van der Waals surface area contributed by atoms with E-state index in [1.165, 1.54) is 24.1 Å². The summed E-state index contributed by atoms with van der Waals surface area (Å²) in [6.07, 6.45) is 0.219. The van der Waals surface area contributed by atoms with Crippen LogP contribution in [0.5, 0.6) is 11.5 Å². The number of aliphatic hydroxyl groups is 3. The number of methoxy groups -OCH3 is 1. The molecule has 0 radical (unpaired) electrons. The Morgan fingerprint density at radius 2 is 1.89 bits per heavy atom. The number of fused-ring (bicyclic) bond motifs is 3. The lowest BCUT2D eigenvalue weighted by Gasteiger charge is -2.40. The molecular weight excluding hydrogens is 495 g/mol. The number of ether oxygens (including phenoxy) is 2. The molecule has 9 nitrogen and oxygen atoms in total. The average molecular weight is 529 g/mol. The largest absolute Gasteiger partial charge is 0.493 e. The lowest BCUT2D eigenvalue weighted by atomic mass is 9.77. The average Bonchev–Trinajstić information content (AvgIpc) is 3.31. The SMILES string of the molecule is CCCC(=O)N(Cc1ccc(F)cc1)C1C=C(C(=O)NCCO)C2c3cc(CO)cc(OC)c3OC2C1O. The van der Waals surface area contributed by atoms with Crippen molar-refractivity contribution in [1.29, 1.82) is 0 Å². The summed E-state index contributed by atoms with van der Waals surface area (Å²) < 4.78 is 25.2.